The molecule has 5 heteroatoms. The summed E-state index contributed by atoms with van der Waals surface area (Å²) in [6, 6.07) is 2.07. The smallest absolute Gasteiger partial charge is 0.304 e. The number of carbonyl (C=O) groups is 1. The molecule has 0 aromatic rings. The summed E-state index contributed by atoms with van der Waals surface area (Å²) in [6.45, 7) is 3.74. The minimum Gasteiger partial charge on any atom is -0.481 e. The molecule has 2 bridgehead atoms. The van der Waals surface area contributed by atoms with E-state index >= 15 is 0 Å². The Hall–Kier alpha value is -0.650. The lowest BCUT2D eigenvalue weighted by Crippen LogP contribution is -2.57. The zero-order valence-electron chi connectivity index (χ0n) is 12.4. The van der Waals surface area contributed by atoms with Crippen LogP contribution in [0.2, 0.25) is 0 Å². The molecule has 0 spiro atoms. The third-order valence-electron chi connectivity index (χ3n) is 5.69. The lowest BCUT2D eigenvalue weighted by molar-refractivity contribution is -0.137. The molecule has 3 aliphatic rings. The molecule has 3 unspecified atom stereocenters. The van der Waals surface area contributed by atoms with E-state index in [1.54, 1.807) is 0 Å². The van der Waals surface area contributed by atoms with Gasteiger partial charge in [0.1, 0.15) is 0 Å². The summed E-state index contributed by atoms with van der Waals surface area (Å²) in [5.74, 6) is 0.0658. The van der Waals surface area contributed by atoms with Crippen molar-refractivity contribution in [3.8, 4) is 0 Å². The number of nitrogens with zero attached hydrogens (tertiary/aromatic N) is 2. The second-order valence-electron chi connectivity index (χ2n) is 6.73. The second kappa shape index (κ2) is 6.00. The first-order chi connectivity index (χ1) is 9.65. The van der Waals surface area contributed by atoms with E-state index in [0.717, 1.165) is 37.6 Å². The van der Waals surface area contributed by atoms with Crippen LogP contribution in [0.15, 0.2) is 0 Å². The maximum absolute atomic E-state index is 10.8. The maximum atomic E-state index is 10.8. The van der Waals surface area contributed by atoms with Crippen LogP contribution in [0, 0.1) is 5.92 Å². The summed E-state index contributed by atoms with van der Waals surface area (Å²) in [4.78, 5) is 15.8. The molecule has 3 aliphatic heterocycles. The van der Waals surface area contributed by atoms with Gasteiger partial charge in [-0.05, 0) is 38.6 Å². The molecule has 0 aromatic carbocycles. The van der Waals surface area contributed by atoms with Gasteiger partial charge in [-0.3, -0.25) is 9.69 Å². The Morgan fingerprint density at radius 3 is 2.65 bits per heavy atom. The molecule has 20 heavy (non-hydrogen) atoms. The van der Waals surface area contributed by atoms with Crippen molar-refractivity contribution in [3.05, 3.63) is 0 Å². The van der Waals surface area contributed by atoms with E-state index < -0.39 is 5.97 Å². The third-order valence-corrected chi connectivity index (χ3v) is 5.69. The van der Waals surface area contributed by atoms with Gasteiger partial charge in [-0.25, -0.2) is 0 Å². The van der Waals surface area contributed by atoms with Crippen LogP contribution in [-0.2, 0) is 4.79 Å². The second-order valence-corrected chi connectivity index (χ2v) is 6.73. The van der Waals surface area contributed by atoms with Crippen LogP contribution in [0.25, 0.3) is 0 Å². The van der Waals surface area contributed by atoms with Crippen LogP contribution in [-0.4, -0.2) is 72.2 Å². The Morgan fingerprint density at radius 1 is 1.30 bits per heavy atom. The molecular formula is C15H27N3O2. The highest BCUT2D eigenvalue weighted by Gasteiger charge is 2.42. The number of piperidine rings is 1. The molecule has 0 amide bonds. The van der Waals surface area contributed by atoms with Crippen molar-refractivity contribution in [1.82, 2.24) is 15.1 Å². The van der Waals surface area contributed by atoms with Gasteiger partial charge in [0.25, 0.3) is 0 Å². The summed E-state index contributed by atoms with van der Waals surface area (Å²) in [5.41, 5.74) is 0. The van der Waals surface area contributed by atoms with Gasteiger partial charge in [0.05, 0.1) is 6.42 Å². The summed E-state index contributed by atoms with van der Waals surface area (Å²) in [6.07, 6.45) is 5.57. The first-order valence-electron chi connectivity index (χ1n) is 8.03. The van der Waals surface area contributed by atoms with Gasteiger partial charge < -0.3 is 15.3 Å². The van der Waals surface area contributed by atoms with Crippen molar-refractivity contribution in [2.75, 3.05) is 33.2 Å². The number of piperazine rings is 1. The zero-order chi connectivity index (χ0) is 14.1. The molecule has 3 rings (SSSR count). The highest BCUT2D eigenvalue weighted by molar-refractivity contribution is 5.66. The van der Waals surface area contributed by atoms with E-state index in [1.807, 2.05) is 0 Å². The number of hydrogen-bond acceptors (Lipinski definition) is 4. The minimum atomic E-state index is -0.675. The fourth-order valence-electron chi connectivity index (χ4n) is 4.52. The van der Waals surface area contributed by atoms with Crippen molar-refractivity contribution < 1.29 is 9.90 Å². The predicted octanol–water partition coefficient (Wildman–Crippen LogP) is 0.608. The minimum absolute atomic E-state index is 0.274. The van der Waals surface area contributed by atoms with E-state index in [0.29, 0.717) is 12.6 Å². The van der Waals surface area contributed by atoms with Crippen LogP contribution in [0.5, 0.6) is 0 Å². The van der Waals surface area contributed by atoms with E-state index in [9.17, 15) is 4.79 Å². The van der Waals surface area contributed by atoms with Crippen molar-refractivity contribution in [2.45, 2.75) is 50.2 Å². The van der Waals surface area contributed by atoms with Gasteiger partial charge in [0.2, 0.25) is 0 Å². The lowest BCUT2D eigenvalue weighted by atomic mass is 9.83. The molecule has 2 N–H and O–H groups in total. The molecule has 3 atom stereocenters. The zero-order valence-corrected chi connectivity index (χ0v) is 12.4. The molecule has 3 fully saturated rings. The Kier molecular flexibility index (Phi) is 4.29. The molecule has 0 radical (unpaired) electrons. The van der Waals surface area contributed by atoms with Crippen LogP contribution in [0.3, 0.4) is 0 Å². The summed E-state index contributed by atoms with van der Waals surface area (Å²) < 4.78 is 0. The predicted molar refractivity (Wildman–Crippen MR) is 77.8 cm³/mol. The Bertz CT molecular complexity index is 349. The van der Waals surface area contributed by atoms with Crippen molar-refractivity contribution in [3.63, 3.8) is 0 Å². The highest BCUT2D eigenvalue weighted by atomic mass is 16.4. The van der Waals surface area contributed by atoms with Gasteiger partial charge in [0, 0.05) is 44.3 Å². The maximum Gasteiger partial charge on any atom is 0.304 e. The van der Waals surface area contributed by atoms with Gasteiger partial charge in [-0.15, -0.1) is 0 Å². The van der Waals surface area contributed by atoms with Crippen molar-refractivity contribution >= 4 is 5.97 Å². The number of nitrogens with one attached hydrogen (secondary N) is 1. The Morgan fingerprint density at radius 2 is 2.00 bits per heavy atom. The first kappa shape index (κ1) is 14.3. The molecule has 3 heterocycles. The number of carboxylic acid groups (broad SMARTS) is 1. The average Bonchev–Trinajstić information content (AvgIpc) is 2.67. The number of rotatable bonds is 4. The summed E-state index contributed by atoms with van der Waals surface area (Å²) >= 11 is 0. The van der Waals surface area contributed by atoms with Crippen LogP contribution in [0.4, 0.5) is 0 Å². The Balaban J connectivity index is 1.63. The molecule has 0 saturated carbocycles. The standard InChI is InChI=1S/C15H27N3O2/c1-17-12-2-3-13(17)9-11(8-12)14-10-16-5-7-18(14)6-4-15(19)20/h11-14,16H,2-10H2,1H3,(H,19,20). The number of carboxylic acids is 1. The fourth-order valence-corrected chi connectivity index (χ4v) is 4.52. The monoisotopic (exact) mass is 281 g/mol. The summed E-state index contributed by atoms with van der Waals surface area (Å²) in [7, 11) is 2.28. The summed E-state index contributed by atoms with van der Waals surface area (Å²) in [5, 5.41) is 12.4. The average molecular weight is 281 g/mol. The highest BCUT2D eigenvalue weighted by Crippen LogP contribution is 2.39. The molecule has 0 aromatic heterocycles. The van der Waals surface area contributed by atoms with E-state index in [-0.39, 0.29) is 6.42 Å². The van der Waals surface area contributed by atoms with Crippen molar-refractivity contribution in [1.29, 1.82) is 0 Å². The van der Waals surface area contributed by atoms with Gasteiger partial charge in [0.15, 0.2) is 0 Å². The number of aliphatic carboxylic acids is 1. The van der Waals surface area contributed by atoms with Gasteiger partial charge in [-0.1, -0.05) is 0 Å². The van der Waals surface area contributed by atoms with Crippen molar-refractivity contribution in [2.24, 2.45) is 5.92 Å². The third kappa shape index (κ3) is 2.85. The molecule has 5 nitrogen and oxygen atoms in total. The number of fused-ring (bicyclic) bond motifs is 2. The SMILES string of the molecule is CN1C2CCC1CC(C1CNCCN1CCC(=O)O)C2. The van der Waals surface area contributed by atoms with E-state index in [1.165, 1.54) is 25.7 Å². The van der Waals surface area contributed by atoms with Crippen LogP contribution in [0.1, 0.15) is 32.1 Å². The molecule has 0 aliphatic carbocycles. The van der Waals surface area contributed by atoms with Crippen LogP contribution >= 0.6 is 0 Å². The Labute approximate surface area is 121 Å². The fraction of sp³-hybridized carbons (Fsp3) is 0.933. The lowest BCUT2D eigenvalue weighted by Gasteiger charge is -2.45. The number of hydrogen-bond donors (Lipinski definition) is 2. The quantitative estimate of drug-likeness (QED) is 0.791. The van der Waals surface area contributed by atoms with E-state index in [2.05, 4.69) is 22.2 Å². The topological polar surface area (TPSA) is 55.8 Å². The first-order valence-corrected chi connectivity index (χ1v) is 8.03. The molecular weight excluding hydrogens is 254 g/mol. The molecule has 114 valence electrons. The molecule has 3 saturated heterocycles. The van der Waals surface area contributed by atoms with Gasteiger partial charge >= 0.3 is 5.97 Å². The normalized spacial score (nSPS) is 39.0. The van der Waals surface area contributed by atoms with Gasteiger partial charge in [-0.2, -0.15) is 0 Å². The largest absolute Gasteiger partial charge is 0.481 e. The van der Waals surface area contributed by atoms with Crippen LogP contribution < -0.4 is 5.32 Å². The van der Waals surface area contributed by atoms with E-state index in [4.69, 9.17) is 5.11 Å².